The number of rotatable bonds is 7. The van der Waals surface area contributed by atoms with E-state index < -0.39 is 11.9 Å². The van der Waals surface area contributed by atoms with Gasteiger partial charge in [-0.25, -0.2) is 0 Å². The third kappa shape index (κ3) is 4.51. The van der Waals surface area contributed by atoms with Crippen molar-refractivity contribution in [3.8, 4) is 0 Å². The molecule has 0 aromatic carbocycles. The topological polar surface area (TPSA) is 77.9 Å². The van der Waals surface area contributed by atoms with Crippen molar-refractivity contribution in [2.24, 2.45) is 11.8 Å². The van der Waals surface area contributed by atoms with Gasteiger partial charge in [0.15, 0.2) is 0 Å². The van der Waals surface area contributed by atoms with Crippen LogP contribution in [-0.4, -0.2) is 58.9 Å². The van der Waals surface area contributed by atoms with Crippen LogP contribution in [0.1, 0.15) is 33.6 Å². The zero-order chi connectivity index (χ0) is 15.3. The summed E-state index contributed by atoms with van der Waals surface area (Å²) in [5, 5.41) is 8.85. The number of carboxylic acid groups (broad SMARTS) is 1. The molecule has 6 nitrogen and oxygen atoms in total. The van der Waals surface area contributed by atoms with Gasteiger partial charge in [-0.1, -0.05) is 20.8 Å². The Balaban J connectivity index is 2.66. The molecule has 1 rings (SSSR count). The number of hydrogen-bond acceptors (Lipinski definition) is 3. The number of amides is 2. The molecule has 0 aromatic heterocycles. The molecule has 1 heterocycles. The van der Waals surface area contributed by atoms with Crippen LogP contribution >= 0.6 is 0 Å². The maximum atomic E-state index is 12.3. The highest BCUT2D eigenvalue weighted by Gasteiger charge is 2.36. The number of nitrogens with zero attached hydrogens (tertiary/aromatic N) is 2. The Hall–Kier alpha value is -1.59. The zero-order valence-electron chi connectivity index (χ0n) is 12.5. The van der Waals surface area contributed by atoms with Gasteiger partial charge in [0.2, 0.25) is 11.8 Å². The Bertz CT molecular complexity index is 381. The van der Waals surface area contributed by atoms with Crippen LogP contribution in [0.3, 0.4) is 0 Å². The summed E-state index contributed by atoms with van der Waals surface area (Å²) in [6, 6.07) is 0. The minimum Gasteiger partial charge on any atom is -0.480 e. The quantitative estimate of drug-likeness (QED) is 0.750. The molecule has 114 valence electrons. The first-order valence-electron chi connectivity index (χ1n) is 7.13. The van der Waals surface area contributed by atoms with Gasteiger partial charge in [-0.05, 0) is 12.3 Å². The van der Waals surface area contributed by atoms with Crippen molar-refractivity contribution >= 4 is 17.8 Å². The SMILES string of the molecule is CCCN(CC(=O)O)C(=O)C1CC(=O)N(CC(C)C)C1. The molecule has 1 fully saturated rings. The van der Waals surface area contributed by atoms with Gasteiger partial charge in [-0.3, -0.25) is 14.4 Å². The lowest BCUT2D eigenvalue weighted by atomic mass is 10.1. The fourth-order valence-electron chi connectivity index (χ4n) is 2.51. The minimum atomic E-state index is -1.02. The van der Waals surface area contributed by atoms with Crippen LogP contribution in [0.4, 0.5) is 0 Å². The van der Waals surface area contributed by atoms with E-state index in [0.29, 0.717) is 32.0 Å². The maximum Gasteiger partial charge on any atom is 0.323 e. The van der Waals surface area contributed by atoms with E-state index in [1.54, 1.807) is 4.90 Å². The first-order chi connectivity index (χ1) is 9.35. The van der Waals surface area contributed by atoms with Crippen LogP contribution < -0.4 is 0 Å². The van der Waals surface area contributed by atoms with Crippen LogP contribution in [0.2, 0.25) is 0 Å². The van der Waals surface area contributed by atoms with E-state index in [4.69, 9.17) is 5.11 Å². The van der Waals surface area contributed by atoms with Gasteiger partial charge in [0.25, 0.3) is 0 Å². The summed E-state index contributed by atoms with van der Waals surface area (Å²) in [6.45, 7) is 7.13. The number of carbonyl (C=O) groups excluding carboxylic acids is 2. The molecule has 0 bridgehead atoms. The molecular weight excluding hydrogens is 260 g/mol. The summed E-state index contributed by atoms with van der Waals surface area (Å²) in [5.74, 6) is -1.28. The average Bonchev–Trinajstić information content (AvgIpc) is 2.68. The Labute approximate surface area is 119 Å². The molecule has 0 radical (unpaired) electrons. The van der Waals surface area contributed by atoms with Crippen molar-refractivity contribution < 1.29 is 19.5 Å². The van der Waals surface area contributed by atoms with E-state index in [2.05, 4.69) is 0 Å². The molecular formula is C14H24N2O4. The molecule has 2 amide bonds. The normalized spacial score (nSPS) is 18.7. The molecule has 6 heteroatoms. The lowest BCUT2D eigenvalue weighted by Crippen LogP contribution is -2.41. The Morgan fingerprint density at radius 3 is 2.60 bits per heavy atom. The van der Waals surface area contributed by atoms with Crippen LogP contribution in [-0.2, 0) is 14.4 Å². The van der Waals surface area contributed by atoms with Crippen LogP contribution in [0, 0.1) is 11.8 Å². The summed E-state index contributed by atoms with van der Waals surface area (Å²) in [5.41, 5.74) is 0. The highest BCUT2D eigenvalue weighted by Crippen LogP contribution is 2.21. The van der Waals surface area contributed by atoms with Crippen molar-refractivity contribution in [2.75, 3.05) is 26.2 Å². The summed E-state index contributed by atoms with van der Waals surface area (Å²) in [6.07, 6.45) is 0.904. The predicted octanol–water partition coefficient (Wildman–Crippen LogP) is 0.814. The maximum absolute atomic E-state index is 12.3. The molecule has 0 spiro atoms. The minimum absolute atomic E-state index is 0.0103. The van der Waals surface area contributed by atoms with E-state index in [1.165, 1.54) is 4.90 Å². The second-order valence-corrected chi connectivity index (χ2v) is 5.75. The Kier molecular flexibility index (Phi) is 5.98. The third-order valence-electron chi connectivity index (χ3n) is 3.28. The fraction of sp³-hybridized carbons (Fsp3) is 0.786. The Morgan fingerprint density at radius 1 is 1.45 bits per heavy atom. The van der Waals surface area contributed by atoms with E-state index in [0.717, 1.165) is 0 Å². The number of likely N-dealkylation sites (tertiary alicyclic amines) is 1. The van der Waals surface area contributed by atoms with Crippen molar-refractivity contribution in [1.29, 1.82) is 0 Å². The summed E-state index contributed by atoms with van der Waals surface area (Å²) >= 11 is 0. The second-order valence-electron chi connectivity index (χ2n) is 5.75. The lowest BCUT2D eigenvalue weighted by Gasteiger charge is -2.24. The number of aliphatic carboxylic acids is 1. The molecule has 0 aliphatic carbocycles. The van der Waals surface area contributed by atoms with Crippen molar-refractivity contribution in [2.45, 2.75) is 33.6 Å². The largest absolute Gasteiger partial charge is 0.480 e. The van der Waals surface area contributed by atoms with Gasteiger partial charge in [0.05, 0.1) is 5.92 Å². The lowest BCUT2D eigenvalue weighted by molar-refractivity contribution is -0.146. The standard InChI is InChI=1S/C14H24N2O4/c1-4-5-15(9-13(18)19)14(20)11-6-12(17)16(8-11)7-10(2)3/h10-11H,4-9H2,1-3H3,(H,18,19). The van der Waals surface area contributed by atoms with Crippen molar-refractivity contribution in [3.05, 3.63) is 0 Å². The zero-order valence-corrected chi connectivity index (χ0v) is 12.5. The highest BCUT2D eigenvalue weighted by molar-refractivity contribution is 5.90. The van der Waals surface area contributed by atoms with E-state index in [-0.39, 0.29) is 24.8 Å². The predicted molar refractivity (Wildman–Crippen MR) is 74.0 cm³/mol. The summed E-state index contributed by atoms with van der Waals surface area (Å²) in [4.78, 5) is 38.1. The summed E-state index contributed by atoms with van der Waals surface area (Å²) in [7, 11) is 0. The molecule has 20 heavy (non-hydrogen) atoms. The fourth-order valence-corrected chi connectivity index (χ4v) is 2.51. The first-order valence-corrected chi connectivity index (χ1v) is 7.13. The molecule has 1 saturated heterocycles. The van der Waals surface area contributed by atoms with Crippen LogP contribution in [0.25, 0.3) is 0 Å². The van der Waals surface area contributed by atoms with Gasteiger partial charge in [-0.15, -0.1) is 0 Å². The van der Waals surface area contributed by atoms with Crippen LogP contribution in [0.5, 0.6) is 0 Å². The van der Waals surface area contributed by atoms with E-state index >= 15 is 0 Å². The molecule has 1 unspecified atom stereocenters. The molecule has 0 saturated carbocycles. The highest BCUT2D eigenvalue weighted by atomic mass is 16.4. The van der Waals surface area contributed by atoms with Crippen LogP contribution in [0.15, 0.2) is 0 Å². The van der Waals surface area contributed by atoms with E-state index in [9.17, 15) is 14.4 Å². The third-order valence-corrected chi connectivity index (χ3v) is 3.28. The van der Waals surface area contributed by atoms with Crippen molar-refractivity contribution in [1.82, 2.24) is 9.80 Å². The van der Waals surface area contributed by atoms with Gasteiger partial charge in [0, 0.05) is 26.1 Å². The number of carboxylic acids is 1. The number of hydrogen-bond donors (Lipinski definition) is 1. The van der Waals surface area contributed by atoms with Crippen molar-refractivity contribution in [3.63, 3.8) is 0 Å². The second kappa shape index (κ2) is 7.26. The smallest absolute Gasteiger partial charge is 0.323 e. The molecule has 1 atom stereocenters. The molecule has 0 aromatic rings. The van der Waals surface area contributed by atoms with Gasteiger partial charge >= 0.3 is 5.97 Å². The van der Waals surface area contributed by atoms with Gasteiger partial charge in [-0.2, -0.15) is 0 Å². The van der Waals surface area contributed by atoms with Gasteiger partial charge in [0.1, 0.15) is 6.54 Å². The van der Waals surface area contributed by atoms with E-state index in [1.807, 2.05) is 20.8 Å². The van der Waals surface area contributed by atoms with Gasteiger partial charge < -0.3 is 14.9 Å². The first kappa shape index (κ1) is 16.5. The monoisotopic (exact) mass is 284 g/mol. The molecule has 1 aliphatic rings. The Morgan fingerprint density at radius 2 is 2.10 bits per heavy atom. The number of carbonyl (C=O) groups is 3. The molecule has 1 N–H and O–H groups in total. The summed E-state index contributed by atoms with van der Waals surface area (Å²) < 4.78 is 0. The molecule has 1 aliphatic heterocycles. The average molecular weight is 284 g/mol.